The molecule has 0 aromatic heterocycles. The number of aliphatic hydroxyl groups is 1. The molecule has 0 spiro atoms. The minimum Gasteiger partial charge on any atom is -0.479 e. The Morgan fingerprint density at radius 1 is 1.41 bits per heavy atom. The van der Waals surface area contributed by atoms with Crippen LogP contribution in [0.5, 0.6) is 5.75 Å². The fourth-order valence-corrected chi connectivity index (χ4v) is 2.81. The maximum absolute atomic E-state index is 12.2. The first-order valence-electron chi connectivity index (χ1n) is 7.61. The van der Waals surface area contributed by atoms with Gasteiger partial charge in [0.15, 0.2) is 6.61 Å². The van der Waals surface area contributed by atoms with Crippen molar-refractivity contribution in [2.75, 3.05) is 20.2 Å². The summed E-state index contributed by atoms with van der Waals surface area (Å²) in [5.41, 5.74) is 0.910. The SMILES string of the molecule is CN(CC1CCCC1O)C(=O)Cc1ccc(OCC#N)cc1. The van der Waals surface area contributed by atoms with Crippen LogP contribution >= 0.6 is 0 Å². The molecule has 1 aliphatic rings. The van der Waals surface area contributed by atoms with E-state index in [1.165, 1.54) is 0 Å². The summed E-state index contributed by atoms with van der Waals surface area (Å²) in [7, 11) is 1.79. The minimum absolute atomic E-state index is 0.0186. The molecular weight excluding hydrogens is 280 g/mol. The highest BCUT2D eigenvalue weighted by molar-refractivity contribution is 5.78. The normalized spacial score (nSPS) is 20.4. The number of ether oxygens (including phenoxy) is 1. The summed E-state index contributed by atoms with van der Waals surface area (Å²) in [4.78, 5) is 13.9. The molecule has 0 saturated heterocycles. The minimum atomic E-state index is -0.271. The zero-order valence-electron chi connectivity index (χ0n) is 12.9. The Kier molecular flexibility index (Phi) is 5.79. The van der Waals surface area contributed by atoms with Gasteiger partial charge in [0.2, 0.25) is 5.91 Å². The fraction of sp³-hybridized carbons (Fsp3) is 0.529. The van der Waals surface area contributed by atoms with E-state index in [0.717, 1.165) is 24.8 Å². The molecule has 0 heterocycles. The van der Waals surface area contributed by atoms with Gasteiger partial charge in [-0.1, -0.05) is 18.6 Å². The Balaban J connectivity index is 1.84. The average molecular weight is 302 g/mol. The van der Waals surface area contributed by atoms with Crippen LogP contribution in [0, 0.1) is 17.2 Å². The van der Waals surface area contributed by atoms with Gasteiger partial charge < -0.3 is 14.7 Å². The Hall–Kier alpha value is -2.06. The molecule has 1 fully saturated rings. The summed E-state index contributed by atoms with van der Waals surface area (Å²) in [6.45, 7) is 0.633. The number of carbonyl (C=O) groups excluding carboxylic acids is 1. The summed E-state index contributed by atoms with van der Waals surface area (Å²) in [6.07, 6.45) is 2.93. The van der Waals surface area contributed by atoms with Gasteiger partial charge in [-0.15, -0.1) is 0 Å². The van der Waals surface area contributed by atoms with Crippen molar-refractivity contribution in [3.05, 3.63) is 29.8 Å². The first-order valence-corrected chi connectivity index (χ1v) is 7.61. The number of rotatable bonds is 6. The van der Waals surface area contributed by atoms with E-state index in [2.05, 4.69) is 0 Å². The summed E-state index contributed by atoms with van der Waals surface area (Å²) >= 11 is 0. The maximum Gasteiger partial charge on any atom is 0.226 e. The lowest BCUT2D eigenvalue weighted by atomic mass is 10.1. The van der Waals surface area contributed by atoms with Gasteiger partial charge in [-0.3, -0.25) is 4.79 Å². The van der Waals surface area contributed by atoms with Crippen LogP contribution in [-0.2, 0) is 11.2 Å². The molecule has 1 aromatic rings. The molecule has 2 rings (SSSR count). The number of likely N-dealkylation sites (N-methyl/N-ethyl adjacent to an activating group) is 1. The van der Waals surface area contributed by atoms with Crippen LogP contribution in [0.1, 0.15) is 24.8 Å². The molecule has 0 aliphatic heterocycles. The van der Waals surface area contributed by atoms with Gasteiger partial charge in [-0.25, -0.2) is 0 Å². The highest BCUT2D eigenvalue weighted by Gasteiger charge is 2.27. The predicted molar refractivity (Wildman–Crippen MR) is 82.2 cm³/mol. The average Bonchev–Trinajstić information content (AvgIpc) is 2.91. The zero-order chi connectivity index (χ0) is 15.9. The van der Waals surface area contributed by atoms with Crippen molar-refractivity contribution < 1.29 is 14.6 Å². The number of hydrogen-bond donors (Lipinski definition) is 1. The van der Waals surface area contributed by atoms with E-state index >= 15 is 0 Å². The molecule has 5 heteroatoms. The first-order chi connectivity index (χ1) is 10.6. The second-order valence-corrected chi connectivity index (χ2v) is 5.80. The van der Waals surface area contributed by atoms with Crippen LogP contribution in [0.25, 0.3) is 0 Å². The highest BCUT2D eigenvalue weighted by atomic mass is 16.5. The molecule has 1 N–H and O–H groups in total. The molecule has 1 amide bonds. The fourth-order valence-electron chi connectivity index (χ4n) is 2.81. The van der Waals surface area contributed by atoms with E-state index in [1.54, 1.807) is 24.1 Å². The number of amides is 1. The highest BCUT2D eigenvalue weighted by Crippen LogP contribution is 2.26. The van der Waals surface area contributed by atoms with Crippen molar-refractivity contribution in [3.63, 3.8) is 0 Å². The Morgan fingerprint density at radius 3 is 2.73 bits per heavy atom. The van der Waals surface area contributed by atoms with E-state index in [4.69, 9.17) is 10.00 Å². The summed E-state index contributed by atoms with van der Waals surface area (Å²) < 4.78 is 5.18. The van der Waals surface area contributed by atoms with Gasteiger partial charge in [-0.05, 0) is 30.5 Å². The third-order valence-electron chi connectivity index (χ3n) is 4.14. The van der Waals surface area contributed by atoms with Crippen LogP contribution in [0.15, 0.2) is 24.3 Å². The van der Waals surface area contributed by atoms with Crippen LogP contribution in [0.2, 0.25) is 0 Å². The van der Waals surface area contributed by atoms with E-state index in [9.17, 15) is 9.90 Å². The van der Waals surface area contributed by atoms with Gasteiger partial charge in [0.1, 0.15) is 11.8 Å². The lowest BCUT2D eigenvalue weighted by Gasteiger charge is -2.23. The lowest BCUT2D eigenvalue weighted by molar-refractivity contribution is -0.130. The second-order valence-electron chi connectivity index (χ2n) is 5.80. The topological polar surface area (TPSA) is 73.6 Å². The standard InChI is InChI=1S/C17H22N2O3/c1-19(12-14-3-2-4-16(14)20)17(21)11-13-5-7-15(8-6-13)22-10-9-18/h5-8,14,16,20H,2-4,10-12H2,1H3. The first kappa shape index (κ1) is 16.3. The second kappa shape index (κ2) is 7.81. The Bertz CT molecular complexity index is 536. The van der Waals surface area contributed by atoms with Gasteiger partial charge in [0.05, 0.1) is 12.5 Å². The predicted octanol–water partition coefficient (Wildman–Crippen LogP) is 1.75. The third-order valence-corrected chi connectivity index (χ3v) is 4.14. The molecule has 1 aromatic carbocycles. The van der Waals surface area contributed by atoms with Crippen LogP contribution < -0.4 is 4.74 Å². The Labute approximate surface area is 131 Å². The molecule has 22 heavy (non-hydrogen) atoms. The molecule has 0 radical (unpaired) electrons. The molecule has 1 aliphatic carbocycles. The van der Waals surface area contributed by atoms with Crippen molar-refractivity contribution in [1.82, 2.24) is 4.90 Å². The summed E-state index contributed by atoms with van der Waals surface area (Å²) in [6, 6.07) is 9.11. The monoisotopic (exact) mass is 302 g/mol. The van der Waals surface area contributed by atoms with Gasteiger partial charge in [0, 0.05) is 19.5 Å². The number of nitrogens with zero attached hydrogens (tertiary/aromatic N) is 2. The third kappa shape index (κ3) is 4.47. The summed E-state index contributed by atoms with van der Waals surface area (Å²) in [5, 5.41) is 18.3. The number of nitriles is 1. The largest absolute Gasteiger partial charge is 0.479 e. The van der Waals surface area contributed by atoms with Crippen molar-refractivity contribution in [3.8, 4) is 11.8 Å². The molecule has 118 valence electrons. The van der Waals surface area contributed by atoms with Crippen molar-refractivity contribution >= 4 is 5.91 Å². The van der Waals surface area contributed by atoms with Crippen molar-refractivity contribution in [1.29, 1.82) is 5.26 Å². The number of benzene rings is 1. The van der Waals surface area contributed by atoms with Crippen LogP contribution in [0.4, 0.5) is 0 Å². The van der Waals surface area contributed by atoms with Crippen molar-refractivity contribution in [2.45, 2.75) is 31.8 Å². The molecule has 2 unspecified atom stereocenters. The molecular formula is C17H22N2O3. The van der Waals surface area contributed by atoms with Crippen molar-refractivity contribution in [2.24, 2.45) is 5.92 Å². The molecule has 5 nitrogen and oxygen atoms in total. The number of aliphatic hydroxyl groups excluding tert-OH is 1. The van der Waals surface area contributed by atoms with E-state index in [0.29, 0.717) is 18.7 Å². The van der Waals surface area contributed by atoms with Gasteiger partial charge in [-0.2, -0.15) is 5.26 Å². The van der Waals surface area contributed by atoms with Gasteiger partial charge in [0.25, 0.3) is 0 Å². The lowest BCUT2D eigenvalue weighted by Crippen LogP contribution is -2.35. The number of carbonyl (C=O) groups is 1. The molecule has 0 bridgehead atoms. The van der Waals surface area contributed by atoms with E-state index in [1.807, 2.05) is 18.2 Å². The molecule has 1 saturated carbocycles. The molecule has 2 atom stereocenters. The smallest absolute Gasteiger partial charge is 0.226 e. The Morgan fingerprint density at radius 2 is 2.14 bits per heavy atom. The van der Waals surface area contributed by atoms with Crippen LogP contribution in [-0.4, -0.2) is 42.2 Å². The van der Waals surface area contributed by atoms with E-state index in [-0.39, 0.29) is 24.5 Å². The zero-order valence-corrected chi connectivity index (χ0v) is 12.9. The van der Waals surface area contributed by atoms with Crippen LogP contribution in [0.3, 0.4) is 0 Å². The number of hydrogen-bond acceptors (Lipinski definition) is 4. The quantitative estimate of drug-likeness (QED) is 0.869. The van der Waals surface area contributed by atoms with E-state index < -0.39 is 0 Å². The maximum atomic E-state index is 12.2. The summed E-state index contributed by atoms with van der Waals surface area (Å²) in [5.74, 6) is 0.876. The van der Waals surface area contributed by atoms with Gasteiger partial charge >= 0.3 is 0 Å².